The van der Waals surface area contributed by atoms with Crippen molar-refractivity contribution >= 4 is 15.9 Å². The lowest BCUT2D eigenvalue weighted by Crippen LogP contribution is -2.33. The summed E-state index contributed by atoms with van der Waals surface area (Å²) in [5, 5.41) is 8.94. The zero-order valence-corrected chi connectivity index (χ0v) is 13.8. The van der Waals surface area contributed by atoms with Crippen molar-refractivity contribution in [3.63, 3.8) is 0 Å². The predicted molar refractivity (Wildman–Crippen MR) is 82.4 cm³/mol. The van der Waals surface area contributed by atoms with Gasteiger partial charge in [0.15, 0.2) is 0 Å². The van der Waals surface area contributed by atoms with E-state index in [0.717, 1.165) is 6.54 Å². The van der Waals surface area contributed by atoms with Crippen LogP contribution in [0.4, 0.5) is 0 Å². The smallest absolute Gasteiger partial charge is 0.241 e. The zero-order valence-electron chi connectivity index (χ0n) is 12.9. The summed E-state index contributed by atoms with van der Waals surface area (Å²) in [6.45, 7) is 1.16. The largest absolute Gasteiger partial charge is 0.345 e. The third-order valence-electron chi connectivity index (χ3n) is 4.18. The van der Waals surface area contributed by atoms with Crippen LogP contribution >= 0.6 is 0 Å². The molecule has 22 heavy (non-hydrogen) atoms. The van der Waals surface area contributed by atoms with Crippen molar-refractivity contribution in [3.05, 3.63) is 12.4 Å². The summed E-state index contributed by atoms with van der Waals surface area (Å²) in [5.74, 6) is 0.666. The molecule has 1 saturated carbocycles. The first-order chi connectivity index (χ1) is 10.4. The summed E-state index contributed by atoms with van der Waals surface area (Å²) in [4.78, 5) is 13.9. The Morgan fingerprint density at radius 2 is 2.09 bits per heavy atom. The van der Waals surface area contributed by atoms with E-state index in [2.05, 4.69) is 5.10 Å². The maximum Gasteiger partial charge on any atom is 0.241 e. The van der Waals surface area contributed by atoms with E-state index in [0.29, 0.717) is 18.9 Å². The molecular formula is C14H24N4O3S. The molecule has 1 heterocycles. The molecule has 0 radical (unpaired) electrons. The van der Waals surface area contributed by atoms with Gasteiger partial charge in [-0.3, -0.25) is 9.48 Å². The molecule has 1 amide bonds. The topological polar surface area (TPSA) is 98.3 Å². The minimum Gasteiger partial charge on any atom is -0.345 e. The maximum absolute atomic E-state index is 12.1. The van der Waals surface area contributed by atoms with E-state index in [1.165, 1.54) is 49.2 Å². The van der Waals surface area contributed by atoms with E-state index in [9.17, 15) is 13.2 Å². The second-order valence-corrected chi connectivity index (χ2v) is 7.57. The maximum atomic E-state index is 12.1. The van der Waals surface area contributed by atoms with E-state index < -0.39 is 10.0 Å². The minimum absolute atomic E-state index is 0.0319. The lowest BCUT2D eigenvalue weighted by Gasteiger charge is -2.27. The molecule has 7 nitrogen and oxygen atoms in total. The monoisotopic (exact) mass is 328 g/mol. The molecule has 0 saturated heterocycles. The number of sulfonamides is 1. The molecular weight excluding hydrogens is 304 g/mol. The van der Waals surface area contributed by atoms with Crippen LogP contribution in [0.15, 0.2) is 17.3 Å². The molecule has 1 aromatic rings. The lowest BCUT2D eigenvalue weighted by molar-refractivity contribution is -0.130. The molecule has 1 aliphatic rings. The van der Waals surface area contributed by atoms with Gasteiger partial charge in [-0.25, -0.2) is 13.6 Å². The van der Waals surface area contributed by atoms with Crippen LogP contribution in [0.1, 0.15) is 38.5 Å². The van der Waals surface area contributed by atoms with Gasteiger partial charge in [0.25, 0.3) is 0 Å². The number of aromatic nitrogens is 2. The van der Waals surface area contributed by atoms with Gasteiger partial charge in [0, 0.05) is 32.8 Å². The molecule has 2 rings (SSSR count). The standard InChI is InChI=1S/C14H24N4O3S/c1-17(10-12-5-3-2-4-6-12)14(19)7-8-18-11-13(9-16-18)22(15,20)21/h9,11-12H,2-8,10H2,1H3,(H2,15,20,21). The Kier molecular flexibility index (Phi) is 5.57. The molecule has 0 aromatic carbocycles. The van der Waals surface area contributed by atoms with E-state index in [1.807, 2.05) is 7.05 Å². The number of amides is 1. The zero-order chi connectivity index (χ0) is 16.2. The molecule has 0 atom stereocenters. The van der Waals surface area contributed by atoms with Crippen molar-refractivity contribution in [2.45, 2.75) is 50.0 Å². The van der Waals surface area contributed by atoms with Crippen LogP contribution in [-0.2, 0) is 21.4 Å². The Morgan fingerprint density at radius 1 is 1.41 bits per heavy atom. The van der Waals surface area contributed by atoms with Crippen molar-refractivity contribution in [2.75, 3.05) is 13.6 Å². The second-order valence-electron chi connectivity index (χ2n) is 6.01. The van der Waals surface area contributed by atoms with Crippen LogP contribution in [0, 0.1) is 5.92 Å². The minimum atomic E-state index is -3.73. The van der Waals surface area contributed by atoms with Crippen LogP contribution in [0.25, 0.3) is 0 Å². The molecule has 124 valence electrons. The molecule has 8 heteroatoms. The van der Waals surface area contributed by atoms with Gasteiger partial charge in [-0.15, -0.1) is 0 Å². The quantitative estimate of drug-likeness (QED) is 0.841. The Bertz CT molecular complexity index is 605. The van der Waals surface area contributed by atoms with Crippen molar-refractivity contribution in [1.29, 1.82) is 0 Å². The molecule has 0 bridgehead atoms. The summed E-state index contributed by atoms with van der Waals surface area (Å²) in [6, 6.07) is 0. The van der Waals surface area contributed by atoms with Gasteiger partial charge in [0.05, 0.1) is 6.20 Å². The van der Waals surface area contributed by atoms with Crippen molar-refractivity contribution in [3.8, 4) is 0 Å². The predicted octanol–water partition coefficient (Wildman–Crippen LogP) is 0.959. The number of nitrogens with two attached hydrogens (primary N) is 1. The second kappa shape index (κ2) is 7.23. The van der Waals surface area contributed by atoms with Crippen LogP contribution in [-0.4, -0.2) is 42.6 Å². The summed E-state index contributed by atoms with van der Waals surface area (Å²) in [5.41, 5.74) is 0. The van der Waals surface area contributed by atoms with Crippen molar-refractivity contribution in [2.24, 2.45) is 11.1 Å². The van der Waals surface area contributed by atoms with Gasteiger partial charge >= 0.3 is 0 Å². The summed E-state index contributed by atoms with van der Waals surface area (Å²) in [6.07, 6.45) is 9.08. The lowest BCUT2D eigenvalue weighted by atomic mass is 9.89. The highest BCUT2D eigenvalue weighted by Crippen LogP contribution is 2.24. The molecule has 1 aliphatic carbocycles. The number of hydrogen-bond donors (Lipinski definition) is 1. The van der Waals surface area contributed by atoms with Gasteiger partial charge in [0.2, 0.25) is 15.9 Å². The fraction of sp³-hybridized carbons (Fsp3) is 0.714. The fourth-order valence-electron chi connectivity index (χ4n) is 2.87. The van der Waals surface area contributed by atoms with Gasteiger partial charge < -0.3 is 4.90 Å². The van der Waals surface area contributed by atoms with E-state index >= 15 is 0 Å². The third kappa shape index (κ3) is 4.81. The Labute approximate surface area is 131 Å². The normalized spacial score (nSPS) is 16.6. The Morgan fingerprint density at radius 3 is 2.68 bits per heavy atom. The molecule has 0 aliphatic heterocycles. The van der Waals surface area contributed by atoms with Gasteiger partial charge in [0.1, 0.15) is 4.90 Å². The Balaban J connectivity index is 1.80. The van der Waals surface area contributed by atoms with Gasteiger partial charge in [-0.2, -0.15) is 5.10 Å². The number of aryl methyl sites for hydroxylation is 1. The van der Waals surface area contributed by atoms with E-state index in [1.54, 1.807) is 4.90 Å². The first kappa shape index (κ1) is 17.0. The van der Waals surface area contributed by atoms with Crippen LogP contribution in [0.3, 0.4) is 0 Å². The highest BCUT2D eigenvalue weighted by atomic mass is 32.2. The van der Waals surface area contributed by atoms with E-state index in [4.69, 9.17) is 5.14 Å². The highest BCUT2D eigenvalue weighted by molar-refractivity contribution is 7.89. The molecule has 1 aromatic heterocycles. The average molecular weight is 328 g/mol. The summed E-state index contributed by atoms with van der Waals surface area (Å²) < 4.78 is 23.8. The Hall–Kier alpha value is -1.41. The van der Waals surface area contributed by atoms with Crippen LogP contribution in [0.2, 0.25) is 0 Å². The molecule has 1 fully saturated rings. The van der Waals surface area contributed by atoms with Crippen LogP contribution < -0.4 is 5.14 Å². The summed E-state index contributed by atoms with van der Waals surface area (Å²) in [7, 11) is -1.91. The molecule has 0 unspecified atom stereocenters. The van der Waals surface area contributed by atoms with E-state index in [-0.39, 0.29) is 10.8 Å². The number of nitrogens with zero attached hydrogens (tertiary/aromatic N) is 3. The molecule has 2 N–H and O–H groups in total. The SMILES string of the molecule is CN(CC1CCCCC1)C(=O)CCn1cc(S(N)(=O)=O)cn1. The van der Waals surface area contributed by atoms with Gasteiger partial charge in [-0.1, -0.05) is 19.3 Å². The number of rotatable bonds is 6. The van der Waals surface area contributed by atoms with Crippen LogP contribution in [0.5, 0.6) is 0 Å². The number of carbonyl (C=O) groups is 1. The molecule has 0 spiro atoms. The summed E-state index contributed by atoms with van der Waals surface area (Å²) >= 11 is 0. The average Bonchev–Trinajstić information content (AvgIpc) is 2.94. The fourth-order valence-corrected chi connectivity index (χ4v) is 3.34. The highest BCUT2D eigenvalue weighted by Gasteiger charge is 2.18. The number of hydrogen-bond acceptors (Lipinski definition) is 4. The number of carbonyl (C=O) groups excluding carboxylic acids is 1. The third-order valence-corrected chi connectivity index (χ3v) is 5.04. The van der Waals surface area contributed by atoms with Crippen molar-refractivity contribution in [1.82, 2.24) is 14.7 Å². The number of primary sulfonamides is 1. The first-order valence-corrected chi connectivity index (χ1v) is 9.20. The van der Waals surface area contributed by atoms with Crippen molar-refractivity contribution < 1.29 is 13.2 Å². The van der Waals surface area contributed by atoms with Gasteiger partial charge in [-0.05, 0) is 18.8 Å². The first-order valence-electron chi connectivity index (χ1n) is 7.65.